The van der Waals surface area contributed by atoms with Crippen LogP contribution in [-0.4, -0.2) is 84.4 Å². The monoisotopic (exact) mass is 1140 g/mol. The third-order valence-electron chi connectivity index (χ3n) is 13.2. The molecule has 2 radical (unpaired) electrons. The normalized spacial score (nSPS) is 17.1. The lowest BCUT2D eigenvalue weighted by Crippen LogP contribution is -2.18. The number of thioether (sulfide) groups is 2. The maximum atomic E-state index is 12.9. The van der Waals surface area contributed by atoms with Crippen molar-refractivity contribution in [3.05, 3.63) is 124 Å². The molecule has 3 aromatic rings. The number of aryl methyl sites for hydroxylation is 3. The molecule has 0 heterocycles. The van der Waals surface area contributed by atoms with Crippen LogP contribution in [-0.2, 0) is 27.1 Å². The van der Waals surface area contributed by atoms with E-state index in [0.717, 1.165) is 141 Å². The van der Waals surface area contributed by atoms with Crippen LogP contribution in [0.2, 0.25) is 6.80 Å². The molecule has 426 valence electrons. The van der Waals surface area contributed by atoms with Crippen LogP contribution in [0.25, 0.3) is 0 Å². The van der Waals surface area contributed by atoms with Crippen molar-refractivity contribution in [3.63, 3.8) is 0 Å². The van der Waals surface area contributed by atoms with Crippen molar-refractivity contribution in [2.75, 3.05) is 37.1 Å². The van der Waals surface area contributed by atoms with E-state index < -0.39 is 20.7 Å². The smallest absolute Gasteiger partial charge is 0.372 e. The lowest BCUT2D eigenvalue weighted by atomic mass is 9.73. The summed E-state index contributed by atoms with van der Waals surface area (Å²) in [4.78, 5) is 25.4. The van der Waals surface area contributed by atoms with Crippen molar-refractivity contribution in [3.8, 4) is 23.0 Å². The Kier molecular flexibility index (Phi) is 33.1. The first kappa shape index (κ1) is 67.4. The van der Waals surface area contributed by atoms with E-state index in [9.17, 15) is 28.2 Å². The summed E-state index contributed by atoms with van der Waals surface area (Å²) in [6.07, 6.45) is 18.0. The molecule has 0 aliphatic heterocycles. The van der Waals surface area contributed by atoms with E-state index in [1.807, 2.05) is 39.0 Å². The van der Waals surface area contributed by atoms with Gasteiger partial charge < -0.3 is 29.9 Å². The molecule has 0 saturated heterocycles. The minimum Gasteiger partial charge on any atom is -0.507 e. The van der Waals surface area contributed by atoms with Crippen molar-refractivity contribution < 1.29 is 53.5 Å². The second-order valence-corrected chi connectivity index (χ2v) is 23.9. The molecule has 2 aliphatic rings. The topological polar surface area (TPSA) is 177 Å². The number of carbonyl (C=O) groups is 2. The highest BCUT2D eigenvalue weighted by molar-refractivity contribution is 8.13. The van der Waals surface area contributed by atoms with Crippen molar-refractivity contribution in [2.45, 2.75) is 168 Å². The maximum absolute atomic E-state index is 12.9. The minimum atomic E-state index is -3.85. The molecule has 0 unspecified atom stereocenters. The summed E-state index contributed by atoms with van der Waals surface area (Å²) in [6, 6.07) is 13.9. The summed E-state index contributed by atoms with van der Waals surface area (Å²) < 4.78 is 47.5. The summed E-state index contributed by atoms with van der Waals surface area (Å²) in [5.74, 6) is 2.91. The summed E-state index contributed by atoms with van der Waals surface area (Å²) in [7, 11) is 0.668. The quantitative estimate of drug-likeness (QED) is 0.0135. The van der Waals surface area contributed by atoms with Gasteiger partial charge in [0.1, 0.15) is 23.0 Å². The van der Waals surface area contributed by atoms with Gasteiger partial charge in [-0.3, -0.25) is 4.18 Å². The number of thiol groups is 1. The highest BCUT2D eigenvalue weighted by atomic mass is 32.2. The molecular formula is C61H89BO11S4. The number of allylic oxidation sites excluding steroid dienone is 6. The molecule has 3 aromatic carbocycles. The Balaban J connectivity index is 0.000000483. The maximum Gasteiger partial charge on any atom is 0.372 e. The van der Waals surface area contributed by atoms with Gasteiger partial charge in [0.05, 0.1) is 19.3 Å². The van der Waals surface area contributed by atoms with Gasteiger partial charge in [0.25, 0.3) is 10.1 Å². The number of aromatic hydroxyl groups is 2. The first-order valence-electron chi connectivity index (χ1n) is 27.8. The first-order chi connectivity index (χ1) is 37.2. The van der Waals surface area contributed by atoms with Crippen LogP contribution in [0.15, 0.2) is 101 Å². The average Bonchev–Trinajstić information content (AvgIpc) is 3.43. The van der Waals surface area contributed by atoms with Gasteiger partial charge in [0.2, 0.25) is 0 Å². The summed E-state index contributed by atoms with van der Waals surface area (Å²) in [5.41, 5.74) is 8.79. The molecule has 4 N–H and O–H groups in total. The van der Waals surface area contributed by atoms with E-state index in [2.05, 4.69) is 73.5 Å². The van der Waals surface area contributed by atoms with Gasteiger partial charge in [-0.25, -0.2) is 9.59 Å². The number of hydrogen-bond acceptors (Lipinski definition) is 14. The Morgan fingerprint density at radius 3 is 1.52 bits per heavy atom. The highest BCUT2D eigenvalue weighted by Crippen LogP contribution is 2.49. The SMILES string of the molecule is C=C(C)[C@@H]1CCC(C)=C[C@H]1c1c(O)cc(CCCCC)cc1OC(=O)SCCCO.C=C(C)[C@@H]1CCC(C)=C[C@H]1c1c(O)cc(CCCCC)cc1OC(=O)SCCCOS(=O)(=O)c1ccc(C)cc1.OCCCS.[2H]C[B]. The van der Waals surface area contributed by atoms with Gasteiger partial charge in [-0.05, 0) is 194 Å². The Bertz CT molecular complexity index is 2500. The van der Waals surface area contributed by atoms with Crippen LogP contribution >= 0.6 is 36.2 Å². The van der Waals surface area contributed by atoms with E-state index in [4.69, 9.17) is 25.2 Å². The second kappa shape index (κ2) is 37.9. The number of carbonyl (C=O) groups excluding carboxylic acids is 2. The molecule has 5 rings (SSSR count). The predicted octanol–water partition coefficient (Wildman–Crippen LogP) is 15.7. The second-order valence-electron chi connectivity index (χ2n) is 19.8. The number of phenolic OH excluding ortho intramolecular Hbond substituents is 2. The van der Waals surface area contributed by atoms with Crippen LogP contribution in [0.5, 0.6) is 23.0 Å². The van der Waals surface area contributed by atoms with Crippen LogP contribution in [0, 0.1) is 18.8 Å². The zero-order valence-electron chi connectivity index (χ0n) is 47.9. The van der Waals surface area contributed by atoms with Crippen molar-refractivity contribution in [1.29, 1.82) is 0 Å². The molecule has 77 heavy (non-hydrogen) atoms. The highest BCUT2D eigenvalue weighted by Gasteiger charge is 2.33. The molecule has 0 bridgehead atoms. The van der Waals surface area contributed by atoms with Gasteiger partial charge in [-0.15, -0.1) is 0 Å². The Morgan fingerprint density at radius 2 is 1.14 bits per heavy atom. The molecule has 0 fully saturated rings. The zero-order chi connectivity index (χ0) is 58.2. The van der Waals surface area contributed by atoms with Crippen molar-refractivity contribution in [2.24, 2.45) is 11.8 Å². The molecule has 0 aromatic heterocycles. The zero-order valence-corrected chi connectivity index (χ0v) is 50.3. The largest absolute Gasteiger partial charge is 0.507 e. The number of rotatable bonds is 25. The molecule has 11 nitrogen and oxygen atoms in total. The lowest BCUT2D eigenvalue weighted by Gasteiger charge is -2.32. The van der Waals surface area contributed by atoms with Crippen molar-refractivity contribution in [1.82, 2.24) is 0 Å². The Labute approximate surface area is 479 Å². The molecule has 4 atom stereocenters. The van der Waals surface area contributed by atoms with Crippen molar-refractivity contribution >= 4 is 64.7 Å². The third-order valence-corrected chi connectivity index (χ3v) is 16.5. The number of aliphatic hydroxyl groups is 2. The van der Waals surface area contributed by atoms with Gasteiger partial charge >= 0.3 is 10.6 Å². The minimum absolute atomic E-state index is 0. The fourth-order valence-electron chi connectivity index (χ4n) is 9.12. The third kappa shape index (κ3) is 24.6. The van der Waals surface area contributed by atoms with E-state index in [0.29, 0.717) is 47.0 Å². The fourth-order valence-corrected chi connectivity index (χ4v) is 11.4. The number of hydrogen-bond donors (Lipinski definition) is 5. The standard InChI is InChI=1S/C32H42O6S2.C25H36O4S.C3H8OS.CH3B/c1-6-7-8-10-25-20-29(33)31(28-19-24(5)13-16-27(28)22(2)3)30(21-25)38-32(34)39-18-9-17-37-40(35,36)26-14-11-23(4)12-15-26;1-5-6-7-9-19-15-22(27)24(21-14-18(4)10-11-20(21)17(2)3)23(16-19)29-25(28)30-13-8-12-26;4-2-1-3-5;1-2/h11-12,14-15,19-21,27-28,33H,2,6-10,13,16-18H2,1,3-5H3;14-16,20-21,26-27H,2,5-13H2,1,3-4H3;4-5H,1-3H2;1H3/t27-,28+;20-,21+;;/m00../s1/i;;;1D. The van der Waals surface area contributed by atoms with Gasteiger partial charge in [0, 0.05) is 49.1 Å². The van der Waals surface area contributed by atoms with Crippen LogP contribution in [0.1, 0.15) is 166 Å². The summed E-state index contributed by atoms with van der Waals surface area (Å²) in [6.45, 7) is 23.0. The predicted molar refractivity (Wildman–Crippen MR) is 326 cm³/mol. The molecule has 16 heteroatoms. The Morgan fingerprint density at radius 1 is 0.714 bits per heavy atom. The molecular weight excluding hydrogens is 1050 g/mol. The lowest BCUT2D eigenvalue weighted by molar-refractivity contribution is 0.225. The average molecular weight is 1140 g/mol. The van der Waals surface area contributed by atoms with Gasteiger partial charge in [-0.1, -0.05) is 112 Å². The molecule has 0 saturated carbocycles. The number of aliphatic hydroxyl groups excluding tert-OH is 2. The molecule has 0 spiro atoms. The number of ether oxygens (including phenoxy) is 2. The first-order valence-corrected chi connectivity index (χ1v) is 31.1. The van der Waals surface area contributed by atoms with E-state index in [-0.39, 0.29) is 66.7 Å². The van der Waals surface area contributed by atoms with E-state index in [1.54, 1.807) is 18.2 Å². The van der Waals surface area contributed by atoms with Gasteiger partial charge in [0.15, 0.2) is 0 Å². The van der Waals surface area contributed by atoms with E-state index >= 15 is 0 Å². The van der Waals surface area contributed by atoms with Gasteiger partial charge in [-0.2, -0.15) is 21.0 Å². The number of unbranched alkanes of at least 4 members (excludes halogenated alkanes) is 4. The summed E-state index contributed by atoms with van der Waals surface area (Å²) in [5, 5.41) is 38.2. The summed E-state index contributed by atoms with van der Waals surface area (Å²) >= 11 is 5.86. The number of benzene rings is 3. The van der Waals surface area contributed by atoms with Crippen LogP contribution in [0.3, 0.4) is 0 Å². The molecule has 0 amide bonds. The number of phenols is 2. The Hall–Kier alpha value is -3.90. The van der Waals surface area contributed by atoms with Crippen LogP contribution < -0.4 is 9.47 Å². The van der Waals surface area contributed by atoms with E-state index in [1.165, 1.54) is 23.3 Å². The molecule has 2 aliphatic carbocycles. The fraction of sp³-hybridized carbons (Fsp3) is 0.541. The van der Waals surface area contributed by atoms with Crippen LogP contribution in [0.4, 0.5) is 9.59 Å².